The number of nitrogens with one attached hydrogen (secondary N) is 1. The van der Waals surface area contributed by atoms with Crippen LogP contribution in [0.4, 0.5) is 0 Å². The normalized spacial score (nSPS) is 22.7. The molecular weight excluding hydrogens is 348 g/mol. The molecule has 0 radical (unpaired) electrons. The van der Waals surface area contributed by atoms with Crippen molar-refractivity contribution < 1.29 is 23.9 Å². The zero-order valence-electron chi connectivity index (χ0n) is 16.4. The molecule has 1 unspecified atom stereocenters. The van der Waals surface area contributed by atoms with E-state index < -0.39 is 6.04 Å². The molecule has 0 saturated carbocycles. The molecular formula is C20H30N2O5. The fraction of sp³-hybridized carbons (Fsp3) is 0.600. The van der Waals surface area contributed by atoms with Crippen molar-refractivity contribution in [2.75, 3.05) is 34.0 Å². The summed E-state index contributed by atoms with van der Waals surface area (Å²) < 4.78 is 11.3. The maximum atomic E-state index is 12.8. The van der Waals surface area contributed by atoms with Gasteiger partial charge in [-0.1, -0.05) is 25.1 Å². The van der Waals surface area contributed by atoms with Gasteiger partial charge in [-0.3, -0.25) is 14.4 Å². The molecule has 0 spiro atoms. The van der Waals surface area contributed by atoms with Crippen molar-refractivity contribution in [3.63, 3.8) is 0 Å². The van der Waals surface area contributed by atoms with Crippen LogP contribution in [0.2, 0.25) is 0 Å². The van der Waals surface area contributed by atoms with E-state index in [1.165, 1.54) is 7.11 Å². The lowest BCUT2D eigenvalue weighted by Crippen LogP contribution is -2.47. The second kappa shape index (κ2) is 11.0. The lowest BCUT2D eigenvalue weighted by Gasteiger charge is -2.24. The van der Waals surface area contributed by atoms with Crippen molar-refractivity contribution in [1.29, 1.82) is 0 Å². The number of hydrogen-bond donors (Lipinski definition) is 1. The molecule has 7 heteroatoms. The van der Waals surface area contributed by atoms with Gasteiger partial charge in [-0.15, -0.1) is 0 Å². The fourth-order valence-corrected chi connectivity index (χ4v) is 2.95. The summed E-state index contributed by atoms with van der Waals surface area (Å²) in [6.45, 7) is 4.10. The first-order chi connectivity index (χ1) is 13.0. The number of rotatable bonds is 2. The van der Waals surface area contributed by atoms with Crippen LogP contribution in [0.1, 0.15) is 42.1 Å². The number of ether oxygens (including phenoxy) is 2. The summed E-state index contributed by atoms with van der Waals surface area (Å²) in [7, 11) is 2.97. The highest BCUT2D eigenvalue weighted by molar-refractivity contribution is 5.98. The van der Waals surface area contributed by atoms with Gasteiger partial charge in [-0.2, -0.15) is 0 Å². The number of carbonyl (C=O) groups excluding carboxylic acids is 2. The first-order valence-corrected chi connectivity index (χ1v) is 9.38. The van der Waals surface area contributed by atoms with E-state index in [-0.39, 0.29) is 11.8 Å². The summed E-state index contributed by atoms with van der Waals surface area (Å²) in [6.07, 6.45) is 2.24. The molecule has 2 amide bonds. The average Bonchev–Trinajstić information content (AvgIpc) is 2.69. The summed E-state index contributed by atoms with van der Waals surface area (Å²) in [6, 6.07) is 6.62. The Balaban J connectivity index is 2.21. The monoisotopic (exact) mass is 378 g/mol. The summed E-state index contributed by atoms with van der Waals surface area (Å²) >= 11 is 0. The van der Waals surface area contributed by atoms with E-state index in [0.717, 1.165) is 23.5 Å². The molecule has 2 atom stereocenters. The molecule has 0 aromatic heterocycles. The van der Waals surface area contributed by atoms with Crippen LogP contribution < -0.4 is 5.32 Å². The number of likely N-dealkylation sites (N-methyl/N-ethyl adjacent to an activating group) is 1. The maximum absolute atomic E-state index is 12.8. The van der Waals surface area contributed by atoms with Gasteiger partial charge in [0.05, 0.1) is 26.9 Å². The highest BCUT2D eigenvalue weighted by Gasteiger charge is 2.26. The number of fused-ring (bicyclic) bond motifs is 1. The molecule has 7 nitrogen and oxygen atoms in total. The van der Waals surface area contributed by atoms with Gasteiger partial charge in [0, 0.05) is 19.2 Å². The highest BCUT2D eigenvalue weighted by atomic mass is 16.7. The Morgan fingerprint density at radius 2 is 1.89 bits per heavy atom. The SMILES string of the molecule is CON(C)C(=O)[C@@H]1CCC(C)CCOCCOCc2ccccc2C(=O)N1. The van der Waals surface area contributed by atoms with Gasteiger partial charge in [0.1, 0.15) is 6.04 Å². The van der Waals surface area contributed by atoms with Gasteiger partial charge in [-0.25, -0.2) is 5.06 Å². The molecule has 1 aromatic rings. The molecule has 1 N–H and O–H groups in total. The summed E-state index contributed by atoms with van der Waals surface area (Å²) in [5.74, 6) is -0.174. The summed E-state index contributed by atoms with van der Waals surface area (Å²) in [5, 5.41) is 4.04. The van der Waals surface area contributed by atoms with Crippen LogP contribution in [0, 0.1) is 5.92 Å². The molecule has 0 aliphatic carbocycles. The number of nitrogens with zero attached hydrogens (tertiary/aromatic N) is 1. The van der Waals surface area contributed by atoms with Gasteiger partial charge in [0.15, 0.2) is 0 Å². The van der Waals surface area contributed by atoms with Crippen LogP contribution in [-0.4, -0.2) is 56.9 Å². The second-order valence-corrected chi connectivity index (χ2v) is 6.84. The van der Waals surface area contributed by atoms with Gasteiger partial charge < -0.3 is 14.8 Å². The lowest BCUT2D eigenvalue weighted by molar-refractivity contribution is -0.171. The number of benzene rings is 1. The Morgan fingerprint density at radius 1 is 1.15 bits per heavy atom. The largest absolute Gasteiger partial charge is 0.379 e. The third kappa shape index (κ3) is 6.61. The zero-order chi connectivity index (χ0) is 19.6. The molecule has 27 heavy (non-hydrogen) atoms. The predicted octanol–water partition coefficient (Wildman–Crippen LogP) is 2.16. The molecule has 0 bridgehead atoms. The topological polar surface area (TPSA) is 77.1 Å². The molecule has 1 aromatic carbocycles. The minimum Gasteiger partial charge on any atom is -0.379 e. The van der Waals surface area contributed by atoms with Crippen LogP contribution in [0.3, 0.4) is 0 Å². The van der Waals surface area contributed by atoms with Gasteiger partial charge in [-0.05, 0) is 36.8 Å². The Hall–Kier alpha value is -1.96. The molecule has 1 heterocycles. The zero-order valence-corrected chi connectivity index (χ0v) is 16.4. The molecule has 2 rings (SSSR count). The van der Waals surface area contributed by atoms with Crippen LogP contribution in [0.15, 0.2) is 24.3 Å². The molecule has 1 aliphatic rings. The summed E-state index contributed by atoms with van der Waals surface area (Å²) in [4.78, 5) is 30.5. The van der Waals surface area contributed by atoms with Gasteiger partial charge >= 0.3 is 0 Å². The van der Waals surface area contributed by atoms with Crippen molar-refractivity contribution in [2.24, 2.45) is 5.92 Å². The number of carbonyl (C=O) groups is 2. The van der Waals surface area contributed by atoms with Crippen molar-refractivity contribution in [1.82, 2.24) is 10.4 Å². The Kier molecular flexibility index (Phi) is 8.71. The molecule has 1 aliphatic heterocycles. The van der Waals surface area contributed by atoms with E-state index in [2.05, 4.69) is 12.2 Å². The molecule has 0 fully saturated rings. The van der Waals surface area contributed by atoms with Crippen LogP contribution in [0.5, 0.6) is 0 Å². The van der Waals surface area contributed by atoms with E-state index in [1.54, 1.807) is 19.2 Å². The Labute approximate surface area is 160 Å². The van der Waals surface area contributed by atoms with Crippen LogP contribution in [-0.2, 0) is 25.7 Å². The Morgan fingerprint density at radius 3 is 2.67 bits per heavy atom. The number of hydrogen-bond acceptors (Lipinski definition) is 5. The van der Waals surface area contributed by atoms with E-state index in [1.807, 2.05) is 12.1 Å². The number of hydroxylamine groups is 2. The molecule has 150 valence electrons. The highest BCUT2D eigenvalue weighted by Crippen LogP contribution is 2.16. The fourth-order valence-electron chi connectivity index (χ4n) is 2.95. The third-order valence-corrected chi connectivity index (χ3v) is 4.78. The quantitative estimate of drug-likeness (QED) is 0.798. The third-order valence-electron chi connectivity index (χ3n) is 4.78. The minimum atomic E-state index is -0.648. The van der Waals surface area contributed by atoms with E-state index in [9.17, 15) is 9.59 Å². The van der Waals surface area contributed by atoms with Crippen molar-refractivity contribution in [2.45, 2.75) is 38.8 Å². The van der Waals surface area contributed by atoms with E-state index in [4.69, 9.17) is 14.3 Å². The second-order valence-electron chi connectivity index (χ2n) is 6.84. The van der Waals surface area contributed by atoms with E-state index in [0.29, 0.717) is 44.3 Å². The minimum absolute atomic E-state index is 0.271. The molecule has 0 saturated heterocycles. The van der Waals surface area contributed by atoms with Crippen molar-refractivity contribution >= 4 is 11.8 Å². The first kappa shape index (κ1) is 21.3. The van der Waals surface area contributed by atoms with Crippen molar-refractivity contribution in [3.05, 3.63) is 35.4 Å². The van der Waals surface area contributed by atoms with Crippen molar-refractivity contribution in [3.8, 4) is 0 Å². The first-order valence-electron chi connectivity index (χ1n) is 9.38. The lowest BCUT2D eigenvalue weighted by atomic mass is 9.98. The number of amides is 2. The maximum Gasteiger partial charge on any atom is 0.268 e. The van der Waals surface area contributed by atoms with E-state index >= 15 is 0 Å². The summed E-state index contributed by atoms with van der Waals surface area (Å²) in [5.41, 5.74) is 1.30. The standard InChI is InChI=1S/C20H30N2O5/c1-15-8-9-18(20(24)22(2)25-3)21-19(23)17-7-5-4-6-16(17)14-27-13-12-26-11-10-15/h4-7,15,18H,8-14H2,1-3H3,(H,21,23)/t15?,18-/m0/s1. The smallest absolute Gasteiger partial charge is 0.268 e. The average molecular weight is 378 g/mol. The van der Waals surface area contributed by atoms with Gasteiger partial charge in [0.2, 0.25) is 0 Å². The Bertz CT molecular complexity index is 622. The van der Waals surface area contributed by atoms with Crippen LogP contribution in [0.25, 0.3) is 0 Å². The van der Waals surface area contributed by atoms with Crippen LogP contribution >= 0.6 is 0 Å². The predicted molar refractivity (Wildman–Crippen MR) is 101 cm³/mol. The van der Waals surface area contributed by atoms with Gasteiger partial charge in [0.25, 0.3) is 11.8 Å².